The molecule has 2 fully saturated rings. The van der Waals surface area contributed by atoms with Crippen LogP contribution in [0.2, 0.25) is 0 Å². The number of likely N-dealkylation sites (tertiary alicyclic amines) is 1. The van der Waals surface area contributed by atoms with Gasteiger partial charge in [-0.1, -0.05) is 12.8 Å². The molecule has 0 N–H and O–H groups in total. The minimum Gasteiger partial charge on any atom is -0.467 e. The fourth-order valence-electron chi connectivity index (χ4n) is 3.95. The van der Waals surface area contributed by atoms with Gasteiger partial charge in [0.2, 0.25) is 0 Å². The number of aryl methyl sites for hydroxylation is 1. The van der Waals surface area contributed by atoms with Gasteiger partial charge < -0.3 is 9.64 Å². The van der Waals surface area contributed by atoms with E-state index in [1.807, 2.05) is 14.0 Å². The fraction of sp³-hybridized carbons (Fsp3) is 0.688. The lowest BCUT2D eigenvalue weighted by atomic mass is 9.84. The first-order chi connectivity index (χ1) is 10.5. The van der Waals surface area contributed by atoms with Gasteiger partial charge in [-0.2, -0.15) is 5.10 Å². The van der Waals surface area contributed by atoms with Gasteiger partial charge in [0.05, 0.1) is 18.9 Å². The van der Waals surface area contributed by atoms with Gasteiger partial charge in [-0.05, 0) is 32.1 Å². The Hall–Kier alpha value is -1.85. The summed E-state index contributed by atoms with van der Waals surface area (Å²) in [5.41, 5.74) is 1.41. The Labute approximate surface area is 130 Å². The largest absolute Gasteiger partial charge is 0.467 e. The normalized spacial score (nSPS) is 27.6. The van der Waals surface area contributed by atoms with Crippen molar-refractivity contribution in [3.05, 3.63) is 17.5 Å². The maximum Gasteiger partial charge on any atom is 0.328 e. The van der Waals surface area contributed by atoms with Gasteiger partial charge in [-0.25, -0.2) is 4.79 Å². The van der Waals surface area contributed by atoms with Crippen molar-refractivity contribution in [2.75, 3.05) is 7.11 Å². The minimum atomic E-state index is -0.454. The average Bonchev–Trinajstić information content (AvgIpc) is 3.07. The molecule has 1 aromatic heterocycles. The van der Waals surface area contributed by atoms with Crippen LogP contribution in [0.3, 0.4) is 0 Å². The molecule has 120 valence electrons. The maximum absolute atomic E-state index is 13.0. The second-order valence-corrected chi connectivity index (χ2v) is 6.37. The summed E-state index contributed by atoms with van der Waals surface area (Å²) in [6, 6.07) is -0.296. The summed E-state index contributed by atoms with van der Waals surface area (Å²) in [6.07, 6.45) is 6.69. The van der Waals surface area contributed by atoms with Crippen molar-refractivity contribution in [3.8, 4) is 0 Å². The lowest BCUT2D eigenvalue weighted by Gasteiger charge is -2.33. The lowest BCUT2D eigenvalue weighted by Crippen LogP contribution is -2.46. The number of nitrogens with zero attached hydrogens (tertiary/aromatic N) is 3. The van der Waals surface area contributed by atoms with Crippen molar-refractivity contribution < 1.29 is 14.3 Å². The topological polar surface area (TPSA) is 64.4 Å². The molecule has 3 atom stereocenters. The van der Waals surface area contributed by atoms with Gasteiger partial charge in [-0.15, -0.1) is 0 Å². The van der Waals surface area contributed by atoms with E-state index in [4.69, 9.17) is 4.74 Å². The second kappa shape index (κ2) is 5.74. The summed E-state index contributed by atoms with van der Waals surface area (Å²) in [4.78, 5) is 27.0. The molecule has 2 aliphatic rings. The fourth-order valence-corrected chi connectivity index (χ4v) is 3.95. The average molecular weight is 305 g/mol. The molecule has 1 amide bonds. The molecule has 22 heavy (non-hydrogen) atoms. The summed E-state index contributed by atoms with van der Waals surface area (Å²) in [6.45, 7) is 1.88. The van der Waals surface area contributed by atoms with Crippen molar-refractivity contribution in [3.63, 3.8) is 0 Å². The molecular weight excluding hydrogens is 282 g/mol. The predicted octanol–water partition coefficient (Wildman–Crippen LogP) is 1.67. The van der Waals surface area contributed by atoms with Crippen molar-refractivity contribution in [2.45, 2.75) is 51.1 Å². The highest BCUT2D eigenvalue weighted by Crippen LogP contribution is 2.40. The van der Waals surface area contributed by atoms with Crippen LogP contribution in [-0.2, 0) is 16.6 Å². The number of methoxy groups -OCH3 is 1. The highest BCUT2D eigenvalue weighted by Gasteiger charge is 2.48. The van der Waals surface area contributed by atoms with Crippen LogP contribution < -0.4 is 0 Å². The molecule has 2 heterocycles. The molecule has 6 nitrogen and oxygen atoms in total. The summed E-state index contributed by atoms with van der Waals surface area (Å²) < 4.78 is 6.63. The number of rotatable bonds is 2. The van der Waals surface area contributed by atoms with Crippen LogP contribution in [0.15, 0.2) is 6.20 Å². The number of fused-ring (bicyclic) bond motifs is 1. The minimum absolute atomic E-state index is 0.0876. The Morgan fingerprint density at radius 1 is 1.32 bits per heavy atom. The lowest BCUT2D eigenvalue weighted by molar-refractivity contribution is -0.145. The summed E-state index contributed by atoms with van der Waals surface area (Å²) in [5, 5.41) is 4.16. The van der Waals surface area contributed by atoms with Gasteiger partial charge in [0.15, 0.2) is 0 Å². The summed E-state index contributed by atoms with van der Waals surface area (Å²) >= 11 is 0. The number of hydrogen-bond acceptors (Lipinski definition) is 4. The molecule has 0 bridgehead atoms. The molecule has 1 saturated carbocycles. The Bertz CT molecular complexity index is 595. The van der Waals surface area contributed by atoms with Crippen LogP contribution in [0, 0.1) is 12.8 Å². The van der Waals surface area contributed by atoms with E-state index >= 15 is 0 Å². The molecule has 6 heteroatoms. The van der Waals surface area contributed by atoms with Gasteiger partial charge in [0.1, 0.15) is 6.04 Å². The zero-order chi connectivity index (χ0) is 15.9. The van der Waals surface area contributed by atoms with Gasteiger partial charge in [0.25, 0.3) is 5.91 Å². The monoisotopic (exact) mass is 305 g/mol. The van der Waals surface area contributed by atoms with E-state index in [9.17, 15) is 9.59 Å². The second-order valence-electron chi connectivity index (χ2n) is 6.37. The highest BCUT2D eigenvalue weighted by molar-refractivity contribution is 5.98. The van der Waals surface area contributed by atoms with Crippen LogP contribution >= 0.6 is 0 Å². The maximum atomic E-state index is 13.0. The summed E-state index contributed by atoms with van der Waals surface area (Å²) in [7, 11) is 3.21. The van der Waals surface area contributed by atoms with E-state index in [1.165, 1.54) is 13.5 Å². The first-order valence-corrected chi connectivity index (χ1v) is 7.93. The van der Waals surface area contributed by atoms with Gasteiger partial charge in [-0.3, -0.25) is 9.48 Å². The SMILES string of the molecule is COC(=O)[C@@H]1C[C@H]2CCCC[C@@H]2N1C(=O)c1cnn(C)c1C. The first-order valence-electron chi connectivity index (χ1n) is 7.93. The highest BCUT2D eigenvalue weighted by atomic mass is 16.5. The van der Waals surface area contributed by atoms with E-state index in [0.29, 0.717) is 11.5 Å². The molecule has 0 unspecified atom stereocenters. The van der Waals surface area contributed by atoms with Crippen LogP contribution in [0.4, 0.5) is 0 Å². The number of ether oxygens (including phenoxy) is 1. The predicted molar refractivity (Wildman–Crippen MR) is 80.3 cm³/mol. The molecule has 0 spiro atoms. The molecule has 1 saturated heterocycles. The van der Waals surface area contributed by atoms with Crippen LogP contribution in [0.25, 0.3) is 0 Å². The Kier molecular flexibility index (Phi) is 3.93. The van der Waals surface area contributed by atoms with E-state index < -0.39 is 6.04 Å². The molecular formula is C16H23N3O3. The summed E-state index contributed by atoms with van der Waals surface area (Å²) in [5.74, 6) is 0.0264. The standard InChI is InChI=1S/C16H23N3O3/c1-10-12(9-17-18(10)2)15(20)19-13-7-5-4-6-11(13)8-14(19)16(21)22-3/h9,11,13-14H,4-8H2,1-3H3/t11-,13+,14+/m1/s1. The van der Waals surface area contributed by atoms with E-state index in [1.54, 1.807) is 15.8 Å². The Morgan fingerprint density at radius 3 is 2.68 bits per heavy atom. The van der Waals surface area contributed by atoms with Crippen molar-refractivity contribution in [1.82, 2.24) is 14.7 Å². The molecule has 0 radical (unpaired) electrons. The van der Waals surface area contributed by atoms with Crippen molar-refractivity contribution in [1.29, 1.82) is 0 Å². The van der Waals surface area contributed by atoms with Crippen molar-refractivity contribution in [2.24, 2.45) is 13.0 Å². The molecule has 1 aromatic rings. The van der Waals surface area contributed by atoms with Gasteiger partial charge >= 0.3 is 5.97 Å². The zero-order valence-electron chi connectivity index (χ0n) is 13.4. The Morgan fingerprint density at radius 2 is 2.05 bits per heavy atom. The number of carbonyl (C=O) groups excluding carboxylic acids is 2. The smallest absolute Gasteiger partial charge is 0.328 e. The third-order valence-corrected chi connectivity index (χ3v) is 5.26. The number of amides is 1. The van der Waals surface area contributed by atoms with Crippen molar-refractivity contribution >= 4 is 11.9 Å². The number of carbonyl (C=O) groups is 2. The first kappa shape index (κ1) is 15.1. The molecule has 1 aliphatic heterocycles. The third-order valence-electron chi connectivity index (χ3n) is 5.26. The zero-order valence-corrected chi connectivity index (χ0v) is 13.4. The number of esters is 1. The number of aromatic nitrogens is 2. The van der Waals surface area contributed by atoms with E-state index in [0.717, 1.165) is 31.4 Å². The third kappa shape index (κ3) is 2.30. The van der Waals surface area contributed by atoms with Crippen LogP contribution in [-0.4, -0.2) is 45.8 Å². The number of hydrogen-bond donors (Lipinski definition) is 0. The van der Waals surface area contributed by atoms with Gasteiger partial charge in [0, 0.05) is 18.8 Å². The molecule has 0 aromatic carbocycles. The molecule has 1 aliphatic carbocycles. The van der Waals surface area contributed by atoms with Crippen LogP contribution in [0.5, 0.6) is 0 Å². The van der Waals surface area contributed by atoms with Crippen LogP contribution in [0.1, 0.15) is 48.2 Å². The molecule has 3 rings (SSSR count). The van der Waals surface area contributed by atoms with E-state index in [-0.39, 0.29) is 17.9 Å². The Balaban J connectivity index is 1.94. The quantitative estimate of drug-likeness (QED) is 0.780. The van der Waals surface area contributed by atoms with E-state index in [2.05, 4.69) is 5.10 Å².